The van der Waals surface area contributed by atoms with Gasteiger partial charge < -0.3 is 0 Å². The average molecular weight is 302 g/mol. The van der Waals surface area contributed by atoms with Crippen molar-refractivity contribution in [3.05, 3.63) is 39.9 Å². The van der Waals surface area contributed by atoms with E-state index in [1.165, 1.54) is 0 Å². The molecule has 0 aliphatic rings. The van der Waals surface area contributed by atoms with Gasteiger partial charge in [-0.05, 0) is 24.6 Å². The molecule has 0 fully saturated rings. The SMILES string of the molecule is O=c1c2cc(Cl)ccc2ncn1CCCBr. The zero-order valence-electron chi connectivity index (χ0n) is 8.49. The molecule has 1 aromatic carbocycles. The van der Waals surface area contributed by atoms with Crippen molar-refractivity contribution < 1.29 is 0 Å². The van der Waals surface area contributed by atoms with Crippen LogP contribution in [0, 0.1) is 0 Å². The number of alkyl halides is 1. The van der Waals surface area contributed by atoms with Gasteiger partial charge in [0, 0.05) is 16.9 Å². The molecule has 0 radical (unpaired) electrons. The van der Waals surface area contributed by atoms with E-state index < -0.39 is 0 Å². The van der Waals surface area contributed by atoms with E-state index in [1.54, 1.807) is 29.1 Å². The van der Waals surface area contributed by atoms with Crippen molar-refractivity contribution in [1.29, 1.82) is 0 Å². The first-order valence-corrected chi connectivity index (χ1v) is 6.43. The third-order valence-corrected chi connectivity index (χ3v) is 3.11. The van der Waals surface area contributed by atoms with Crippen LogP contribution in [0.1, 0.15) is 6.42 Å². The monoisotopic (exact) mass is 300 g/mol. The summed E-state index contributed by atoms with van der Waals surface area (Å²) in [4.78, 5) is 16.3. The van der Waals surface area contributed by atoms with Crippen molar-refractivity contribution in [2.75, 3.05) is 5.33 Å². The number of fused-ring (bicyclic) bond motifs is 1. The van der Waals surface area contributed by atoms with E-state index >= 15 is 0 Å². The molecular formula is C11H10BrClN2O. The van der Waals surface area contributed by atoms with Crippen LogP contribution in [-0.4, -0.2) is 14.9 Å². The Balaban J connectivity index is 2.55. The van der Waals surface area contributed by atoms with Gasteiger partial charge in [0.1, 0.15) is 0 Å². The molecule has 3 nitrogen and oxygen atoms in total. The summed E-state index contributed by atoms with van der Waals surface area (Å²) in [7, 11) is 0. The maximum absolute atomic E-state index is 12.0. The van der Waals surface area contributed by atoms with Gasteiger partial charge in [0.15, 0.2) is 0 Å². The van der Waals surface area contributed by atoms with E-state index in [1.807, 2.05) is 0 Å². The molecule has 0 amide bonds. The Kier molecular flexibility index (Phi) is 3.61. The maximum Gasteiger partial charge on any atom is 0.261 e. The molecule has 0 aliphatic carbocycles. The van der Waals surface area contributed by atoms with Crippen LogP contribution in [0.3, 0.4) is 0 Å². The van der Waals surface area contributed by atoms with Gasteiger partial charge in [-0.3, -0.25) is 9.36 Å². The van der Waals surface area contributed by atoms with E-state index in [9.17, 15) is 4.79 Å². The molecule has 0 saturated carbocycles. The normalized spacial score (nSPS) is 10.9. The summed E-state index contributed by atoms with van der Waals surface area (Å²) >= 11 is 9.20. The molecule has 5 heteroatoms. The Morgan fingerprint density at radius 3 is 3.00 bits per heavy atom. The van der Waals surface area contributed by atoms with Gasteiger partial charge in [0.05, 0.1) is 17.2 Å². The van der Waals surface area contributed by atoms with Crippen LogP contribution in [-0.2, 0) is 6.54 Å². The van der Waals surface area contributed by atoms with Gasteiger partial charge in [0.2, 0.25) is 0 Å². The summed E-state index contributed by atoms with van der Waals surface area (Å²) in [6.45, 7) is 0.666. The number of hydrogen-bond acceptors (Lipinski definition) is 2. The highest BCUT2D eigenvalue weighted by molar-refractivity contribution is 9.09. The summed E-state index contributed by atoms with van der Waals surface area (Å²) in [5.41, 5.74) is 0.651. The number of nitrogens with zero attached hydrogens (tertiary/aromatic N) is 2. The van der Waals surface area contributed by atoms with Crippen LogP contribution >= 0.6 is 27.5 Å². The molecule has 84 valence electrons. The fourth-order valence-corrected chi connectivity index (χ4v) is 1.94. The number of aryl methyl sites for hydroxylation is 1. The zero-order chi connectivity index (χ0) is 11.5. The van der Waals surface area contributed by atoms with Crippen LogP contribution < -0.4 is 5.56 Å². The van der Waals surface area contributed by atoms with Gasteiger partial charge in [0.25, 0.3) is 5.56 Å². The Hall–Kier alpha value is -0.870. The summed E-state index contributed by atoms with van der Waals surface area (Å²) in [5.74, 6) is 0. The summed E-state index contributed by atoms with van der Waals surface area (Å²) in [6, 6.07) is 5.16. The molecule has 0 aliphatic heterocycles. The van der Waals surface area contributed by atoms with Crippen molar-refractivity contribution in [1.82, 2.24) is 9.55 Å². The minimum Gasteiger partial charge on any atom is -0.299 e. The second-order valence-corrected chi connectivity index (χ2v) is 4.68. The second kappa shape index (κ2) is 4.97. The van der Waals surface area contributed by atoms with Crippen LogP contribution in [0.25, 0.3) is 10.9 Å². The standard InChI is InChI=1S/C11H10BrClN2O/c12-4-1-5-15-7-14-10-3-2-8(13)6-9(10)11(15)16/h2-3,6-7H,1,4-5H2. The first kappa shape index (κ1) is 11.6. The Morgan fingerprint density at radius 2 is 2.25 bits per heavy atom. The number of halogens is 2. The molecule has 1 aromatic heterocycles. The van der Waals surface area contributed by atoms with Gasteiger partial charge in [-0.2, -0.15) is 0 Å². The van der Waals surface area contributed by atoms with E-state index in [2.05, 4.69) is 20.9 Å². The van der Waals surface area contributed by atoms with Crippen LogP contribution in [0.4, 0.5) is 0 Å². The van der Waals surface area contributed by atoms with E-state index in [0.717, 1.165) is 11.8 Å². The molecule has 0 atom stereocenters. The Morgan fingerprint density at radius 1 is 1.44 bits per heavy atom. The lowest BCUT2D eigenvalue weighted by atomic mass is 10.2. The Bertz CT molecular complexity index is 567. The third-order valence-electron chi connectivity index (χ3n) is 2.32. The van der Waals surface area contributed by atoms with Crippen molar-refractivity contribution in [3.8, 4) is 0 Å². The molecule has 16 heavy (non-hydrogen) atoms. The third kappa shape index (κ3) is 2.28. The summed E-state index contributed by atoms with van der Waals surface area (Å²) in [5, 5.41) is 2.00. The quantitative estimate of drug-likeness (QED) is 0.817. The number of aromatic nitrogens is 2. The first-order chi connectivity index (χ1) is 7.72. The fraction of sp³-hybridized carbons (Fsp3) is 0.273. The van der Waals surface area contributed by atoms with Gasteiger partial charge in [-0.1, -0.05) is 27.5 Å². The lowest BCUT2D eigenvalue weighted by molar-refractivity contribution is 0.654. The van der Waals surface area contributed by atoms with Gasteiger partial charge >= 0.3 is 0 Å². The minimum atomic E-state index is -0.0338. The molecule has 2 rings (SSSR count). The zero-order valence-corrected chi connectivity index (χ0v) is 10.8. The summed E-state index contributed by atoms with van der Waals surface area (Å²) in [6.07, 6.45) is 2.48. The second-order valence-electron chi connectivity index (χ2n) is 3.45. The molecule has 0 N–H and O–H groups in total. The molecule has 1 heterocycles. The minimum absolute atomic E-state index is 0.0338. The van der Waals surface area contributed by atoms with Crippen LogP contribution in [0.2, 0.25) is 5.02 Å². The van der Waals surface area contributed by atoms with Crippen molar-refractivity contribution in [2.45, 2.75) is 13.0 Å². The van der Waals surface area contributed by atoms with Crippen LogP contribution in [0.5, 0.6) is 0 Å². The molecule has 0 spiro atoms. The predicted molar refractivity (Wildman–Crippen MR) is 69.4 cm³/mol. The number of rotatable bonds is 3. The predicted octanol–water partition coefficient (Wildman–Crippen LogP) is 2.83. The van der Waals surface area contributed by atoms with E-state index in [0.29, 0.717) is 22.5 Å². The highest BCUT2D eigenvalue weighted by Crippen LogP contribution is 2.14. The maximum atomic E-state index is 12.0. The lowest BCUT2D eigenvalue weighted by Gasteiger charge is -2.05. The summed E-state index contributed by atoms with van der Waals surface area (Å²) < 4.78 is 1.61. The van der Waals surface area contributed by atoms with Crippen LogP contribution in [0.15, 0.2) is 29.3 Å². The van der Waals surface area contributed by atoms with Crippen molar-refractivity contribution in [2.24, 2.45) is 0 Å². The fourth-order valence-electron chi connectivity index (χ4n) is 1.52. The Labute approximate surface area is 106 Å². The molecule has 0 saturated heterocycles. The first-order valence-electron chi connectivity index (χ1n) is 4.93. The van der Waals surface area contributed by atoms with Gasteiger partial charge in [-0.15, -0.1) is 0 Å². The topological polar surface area (TPSA) is 34.9 Å². The highest BCUT2D eigenvalue weighted by atomic mass is 79.9. The number of benzene rings is 1. The molecular weight excluding hydrogens is 291 g/mol. The molecule has 0 bridgehead atoms. The molecule has 2 aromatic rings. The smallest absolute Gasteiger partial charge is 0.261 e. The number of hydrogen-bond donors (Lipinski definition) is 0. The molecule has 0 unspecified atom stereocenters. The average Bonchev–Trinajstić information content (AvgIpc) is 2.29. The van der Waals surface area contributed by atoms with Crippen molar-refractivity contribution >= 4 is 38.4 Å². The largest absolute Gasteiger partial charge is 0.299 e. The van der Waals surface area contributed by atoms with Gasteiger partial charge in [-0.25, -0.2) is 4.98 Å². The lowest BCUT2D eigenvalue weighted by Crippen LogP contribution is -2.20. The van der Waals surface area contributed by atoms with E-state index in [-0.39, 0.29) is 5.56 Å². The van der Waals surface area contributed by atoms with Crippen molar-refractivity contribution in [3.63, 3.8) is 0 Å². The van der Waals surface area contributed by atoms with E-state index in [4.69, 9.17) is 11.6 Å². The highest BCUT2D eigenvalue weighted by Gasteiger charge is 2.04.